The number of carbonyl (C=O) groups excluding carboxylic acids is 2. The molecule has 0 bridgehead atoms. The maximum atomic E-state index is 13.5. The summed E-state index contributed by atoms with van der Waals surface area (Å²) in [5, 5.41) is 7.48. The maximum Gasteiger partial charge on any atom is 0.339 e. The van der Waals surface area contributed by atoms with Crippen molar-refractivity contribution in [1.82, 2.24) is 9.99 Å². The van der Waals surface area contributed by atoms with E-state index in [4.69, 9.17) is 18.6 Å². The van der Waals surface area contributed by atoms with Crippen molar-refractivity contribution in [3.8, 4) is 11.3 Å². The van der Waals surface area contributed by atoms with Crippen molar-refractivity contribution in [3.63, 3.8) is 0 Å². The number of esters is 1. The van der Waals surface area contributed by atoms with Crippen molar-refractivity contribution in [3.05, 3.63) is 125 Å². The molecule has 206 valence electrons. The van der Waals surface area contributed by atoms with Gasteiger partial charge in [-0.1, -0.05) is 64.5 Å². The highest BCUT2D eigenvalue weighted by Gasteiger charge is 2.36. The Morgan fingerprint density at radius 2 is 1.76 bits per heavy atom. The molecule has 0 N–H and O–H groups in total. The topological polar surface area (TPSA) is 98.1 Å². The summed E-state index contributed by atoms with van der Waals surface area (Å²) in [7, 11) is 0. The fraction of sp³-hybridized carbons (Fsp3) is 0.0909. The van der Waals surface area contributed by atoms with Gasteiger partial charge in [-0.15, -0.1) is 0 Å². The molecule has 9 heteroatoms. The van der Waals surface area contributed by atoms with Gasteiger partial charge in [0.2, 0.25) is 0 Å². The third kappa shape index (κ3) is 4.88. The number of para-hydroxylation sites is 2. The number of amides is 1. The van der Waals surface area contributed by atoms with Crippen LogP contribution in [0.15, 0.2) is 122 Å². The second kappa shape index (κ2) is 10.8. The first-order valence-electron chi connectivity index (χ1n) is 13.3. The van der Waals surface area contributed by atoms with Gasteiger partial charge in [-0.25, -0.2) is 14.8 Å². The Kier molecular flexibility index (Phi) is 6.64. The Hall–Kier alpha value is -5.02. The number of hydrogen-bond donors (Lipinski definition) is 0. The van der Waals surface area contributed by atoms with Crippen LogP contribution in [-0.4, -0.2) is 34.2 Å². The standard InChI is InChI=1S/C33H22BrN3O5/c34-22-13-11-20(12-14-22)26-17-24(23-7-2-3-8-25(23)35-26)33(39)41-19-32(38)37-28(30-10-5-15-40-30)18-27(36-37)31-16-21-6-1-4-9-29(21)42-31/h1-17,28H,18-19H2. The molecule has 7 rings (SSSR count). The number of hydrazone groups is 1. The average molecular weight is 620 g/mol. The van der Waals surface area contributed by atoms with E-state index in [9.17, 15) is 9.59 Å². The number of carbonyl (C=O) groups is 2. The van der Waals surface area contributed by atoms with Crippen molar-refractivity contribution < 1.29 is 23.2 Å². The van der Waals surface area contributed by atoms with E-state index >= 15 is 0 Å². The van der Waals surface area contributed by atoms with Crippen LogP contribution in [0.2, 0.25) is 0 Å². The lowest BCUT2D eigenvalue weighted by molar-refractivity contribution is -0.136. The number of pyridine rings is 1. The van der Waals surface area contributed by atoms with Crippen LogP contribution < -0.4 is 0 Å². The Morgan fingerprint density at radius 3 is 2.57 bits per heavy atom. The van der Waals surface area contributed by atoms with Crippen molar-refractivity contribution in [1.29, 1.82) is 0 Å². The lowest BCUT2D eigenvalue weighted by Crippen LogP contribution is -2.31. The smallest absolute Gasteiger partial charge is 0.339 e. The number of ether oxygens (including phenoxy) is 1. The predicted molar refractivity (Wildman–Crippen MR) is 161 cm³/mol. The highest BCUT2D eigenvalue weighted by atomic mass is 79.9. The summed E-state index contributed by atoms with van der Waals surface area (Å²) in [5.41, 5.74) is 3.77. The monoisotopic (exact) mass is 619 g/mol. The van der Waals surface area contributed by atoms with Gasteiger partial charge in [0.05, 0.1) is 23.0 Å². The molecule has 0 saturated carbocycles. The molecule has 8 nitrogen and oxygen atoms in total. The minimum atomic E-state index is -0.629. The lowest BCUT2D eigenvalue weighted by Gasteiger charge is -2.19. The van der Waals surface area contributed by atoms with E-state index in [2.05, 4.69) is 21.0 Å². The third-order valence-electron chi connectivity index (χ3n) is 7.15. The fourth-order valence-electron chi connectivity index (χ4n) is 5.10. The number of fused-ring (bicyclic) bond motifs is 2. The summed E-state index contributed by atoms with van der Waals surface area (Å²) in [6.45, 7) is -0.503. The molecule has 0 aliphatic carbocycles. The van der Waals surface area contributed by atoms with Crippen LogP contribution >= 0.6 is 15.9 Å². The number of rotatable bonds is 6. The molecule has 1 aliphatic rings. The summed E-state index contributed by atoms with van der Waals surface area (Å²) in [4.78, 5) is 31.6. The van der Waals surface area contributed by atoms with Gasteiger partial charge in [-0.3, -0.25) is 4.79 Å². The molecule has 4 heterocycles. The van der Waals surface area contributed by atoms with E-state index < -0.39 is 24.5 Å². The zero-order chi connectivity index (χ0) is 28.6. The summed E-state index contributed by atoms with van der Waals surface area (Å²) in [5.74, 6) is 0.0329. The van der Waals surface area contributed by atoms with Crippen LogP contribution in [0.1, 0.15) is 34.3 Å². The summed E-state index contributed by atoms with van der Waals surface area (Å²) < 4.78 is 18.2. The van der Waals surface area contributed by atoms with Gasteiger partial charge < -0.3 is 13.6 Å². The molecular weight excluding hydrogens is 598 g/mol. The average Bonchev–Trinajstić information content (AvgIpc) is 3.79. The molecule has 6 aromatic rings. The largest absolute Gasteiger partial charge is 0.467 e. The van der Waals surface area contributed by atoms with Crippen molar-refractivity contribution >= 4 is 55.4 Å². The molecule has 1 amide bonds. The number of nitrogens with zero attached hydrogens (tertiary/aromatic N) is 3. The van der Waals surface area contributed by atoms with Gasteiger partial charge in [0.15, 0.2) is 12.4 Å². The van der Waals surface area contributed by atoms with E-state index in [1.165, 1.54) is 5.01 Å². The zero-order valence-electron chi connectivity index (χ0n) is 22.1. The van der Waals surface area contributed by atoms with Crippen LogP contribution in [0, 0.1) is 0 Å². The highest BCUT2D eigenvalue weighted by molar-refractivity contribution is 9.10. The molecule has 1 atom stereocenters. The van der Waals surface area contributed by atoms with E-state index in [-0.39, 0.29) is 0 Å². The fourth-order valence-corrected chi connectivity index (χ4v) is 5.36. The minimum absolute atomic E-state index is 0.321. The zero-order valence-corrected chi connectivity index (χ0v) is 23.7. The number of benzene rings is 3. The number of hydrogen-bond acceptors (Lipinski definition) is 7. The Balaban J connectivity index is 1.16. The molecule has 0 spiro atoms. The number of aromatic nitrogens is 1. The van der Waals surface area contributed by atoms with Gasteiger partial charge in [0.1, 0.15) is 23.1 Å². The van der Waals surface area contributed by atoms with Crippen LogP contribution in [0.25, 0.3) is 33.1 Å². The van der Waals surface area contributed by atoms with Crippen LogP contribution in [0.3, 0.4) is 0 Å². The van der Waals surface area contributed by atoms with Crippen molar-refractivity contribution in [2.24, 2.45) is 5.10 Å². The second-order valence-electron chi connectivity index (χ2n) is 9.82. The quantitative estimate of drug-likeness (QED) is 0.179. The van der Waals surface area contributed by atoms with Gasteiger partial charge in [-0.2, -0.15) is 5.10 Å². The molecule has 0 fully saturated rings. The first kappa shape index (κ1) is 25.9. The molecule has 42 heavy (non-hydrogen) atoms. The minimum Gasteiger partial charge on any atom is -0.467 e. The first-order valence-corrected chi connectivity index (χ1v) is 14.1. The van der Waals surface area contributed by atoms with Gasteiger partial charge in [0.25, 0.3) is 5.91 Å². The first-order chi connectivity index (χ1) is 20.5. The Morgan fingerprint density at radius 1 is 0.952 bits per heavy atom. The van der Waals surface area contributed by atoms with Crippen molar-refractivity contribution in [2.45, 2.75) is 12.5 Å². The van der Waals surface area contributed by atoms with Crippen LogP contribution in [0.4, 0.5) is 0 Å². The molecule has 0 saturated heterocycles. The Bertz CT molecular complexity index is 1950. The molecule has 1 unspecified atom stereocenters. The highest BCUT2D eigenvalue weighted by Crippen LogP contribution is 2.35. The number of furan rings is 2. The van der Waals surface area contributed by atoms with E-state index in [0.717, 1.165) is 21.0 Å². The predicted octanol–water partition coefficient (Wildman–Crippen LogP) is 7.54. The maximum absolute atomic E-state index is 13.5. The Labute approximate surface area is 248 Å². The van der Waals surface area contributed by atoms with Crippen LogP contribution in [-0.2, 0) is 9.53 Å². The van der Waals surface area contributed by atoms with E-state index in [1.807, 2.05) is 78.9 Å². The molecule has 1 aliphatic heterocycles. The number of halogens is 1. The van der Waals surface area contributed by atoms with Gasteiger partial charge in [0, 0.05) is 27.2 Å². The summed E-state index contributed by atoms with van der Waals surface area (Å²) in [6.07, 6.45) is 1.94. The second-order valence-corrected chi connectivity index (χ2v) is 10.7. The van der Waals surface area contributed by atoms with Crippen LogP contribution in [0.5, 0.6) is 0 Å². The lowest BCUT2D eigenvalue weighted by atomic mass is 10.0. The molecule has 3 aromatic heterocycles. The van der Waals surface area contributed by atoms with Gasteiger partial charge in [-0.05, 0) is 48.5 Å². The molecule has 3 aromatic carbocycles. The summed E-state index contributed by atoms with van der Waals surface area (Å²) >= 11 is 3.45. The molecule has 0 radical (unpaired) electrons. The third-order valence-corrected chi connectivity index (χ3v) is 7.68. The normalized spacial score (nSPS) is 14.8. The molecular formula is C33H22BrN3O5. The van der Waals surface area contributed by atoms with Gasteiger partial charge >= 0.3 is 5.97 Å². The summed E-state index contributed by atoms with van der Waals surface area (Å²) in [6, 6.07) is 29.3. The van der Waals surface area contributed by atoms with E-state index in [0.29, 0.717) is 45.8 Å². The SMILES string of the molecule is O=C(OCC(=O)N1N=C(c2cc3ccccc3o2)CC1c1ccco1)c1cc(-c2ccc(Br)cc2)nc2ccccc12. The van der Waals surface area contributed by atoms with E-state index in [1.54, 1.807) is 24.5 Å². The van der Waals surface area contributed by atoms with Crippen molar-refractivity contribution in [2.75, 3.05) is 6.61 Å².